The second kappa shape index (κ2) is 8.70. The molecular weight excluding hydrogens is 337 g/mol. The van der Waals surface area contributed by atoms with E-state index in [0.29, 0.717) is 0 Å². The Balaban J connectivity index is 1.46. The smallest absolute Gasteiger partial charge is 0.153 e. The van der Waals surface area contributed by atoms with Gasteiger partial charge in [0.2, 0.25) is 0 Å². The van der Waals surface area contributed by atoms with E-state index in [2.05, 4.69) is 4.90 Å². The summed E-state index contributed by atoms with van der Waals surface area (Å²) in [6.45, 7) is 2.90. The zero-order valence-corrected chi connectivity index (χ0v) is 15.3. The van der Waals surface area contributed by atoms with Crippen LogP contribution < -0.4 is 4.74 Å². The van der Waals surface area contributed by atoms with Crippen LogP contribution in [0, 0.1) is 5.82 Å². The Labute approximate surface area is 152 Å². The Morgan fingerprint density at radius 3 is 2.32 bits per heavy atom. The Morgan fingerprint density at radius 1 is 1.08 bits per heavy atom. The predicted octanol–water partition coefficient (Wildman–Crippen LogP) is 3.65. The predicted molar refractivity (Wildman–Crippen MR) is 99.0 cm³/mol. The van der Waals surface area contributed by atoms with Gasteiger partial charge in [-0.05, 0) is 59.6 Å². The lowest BCUT2D eigenvalue weighted by Crippen LogP contribution is -2.40. The molecule has 0 aromatic heterocycles. The van der Waals surface area contributed by atoms with Crippen molar-refractivity contribution in [3.8, 4) is 5.75 Å². The van der Waals surface area contributed by atoms with Crippen molar-refractivity contribution in [2.24, 2.45) is 0 Å². The highest BCUT2D eigenvalue weighted by atomic mass is 32.2. The molecule has 1 saturated heterocycles. The number of rotatable bonds is 6. The van der Waals surface area contributed by atoms with E-state index in [4.69, 9.17) is 4.74 Å². The van der Waals surface area contributed by atoms with Crippen LogP contribution in [0.1, 0.15) is 18.4 Å². The fourth-order valence-corrected chi connectivity index (χ4v) is 4.62. The molecule has 0 saturated carbocycles. The van der Waals surface area contributed by atoms with Crippen LogP contribution in [0.3, 0.4) is 0 Å². The molecule has 134 valence electrons. The third kappa shape index (κ3) is 4.97. The molecule has 1 unspecified atom stereocenters. The van der Waals surface area contributed by atoms with E-state index in [1.54, 1.807) is 7.11 Å². The molecule has 1 aliphatic heterocycles. The monoisotopic (exact) mass is 361 g/mol. The summed E-state index contributed by atoms with van der Waals surface area (Å²) >= 11 is -0.961. The van der Waals surface area contributed by atoms with Gasteiger partial charge >= 0.3 is 0 Å². The first-order valence-electron chi connectivity index (χ1n) is 8.67. The van der Waals surface area contributed by atoms with E-state index in [9.17, 15) is 8.94 Å². The minimum atomic E-state index is -0.961. The maximum absolute atomic E-state index is 12.9. The van der Waals surface area contributed by atoms with Gasteiger partial charge in [-0.3, -0.25) is 0 Å². The Hall–Kier alpha value is -1.56. The summed E-state index contributed by atoms with van der Waals surface area (Å²) in [6, 6.07) is 14.3. The molecule has 5 heteroatoms. The van der Waals surface area contributed by atoms with E-state index in [1.165, 1.54) is 12.1 Å². The van der Waals surface area contributed by atoms with Crippen molar-refractivity contribution in [2.75, 3.05) is 26.7 Å². The molecule has 1 fully saturated rings. The van der Waals surface area contributed by atoms with Crippen molar-refractivity contribution in [1.82, 2.24) is 4.90 Å². The van der Waals surface area contributed by atoms with Crippen LogP contribution in [0.5, 0.6) is 5.75 Å². The molecule has 0 radical (unpaired) electrons. The van der Waals surface area contributed by atoms with Gasteiger partial charge in [0.05, 0.1) is 7.11 Å². The summed E-state index contributed by atoms with van der Waals surface area (Å²) in [5.41, 5.74) is 1.16. The van der Waals surface area contributed by atoms with Crippen molar-refractivity contribution in [3.05, 3.63) is 59.9 Å². The lowest BCUT2D eigenvalue weighted by molar-refractivity contribution is 0.232. The van der Waals surface area contributed by atoms with Crippen LogP contribution in [0.2, 0.25) is 0 Å². The molecule has 0 spiro atoms. The molecule has 0 aliphatic carbocycles. The molecular formula is C20H24FNO2S. The number of piperidine rings is 1. The van der Waals surface area contributed by atoms with Crippen molar-refractivity contribution in [1.29, 1.82) is 0 Å². The maximum Gasteiger partial charge on any atom is 0.153 e. The zero-order valence-electron chi connectivity index (χ0n) is 14.5. The van der Waals surface area contributed by atoms with Gasteiger partial charge < -0.3 is 14.2 Å². The van der Waals surface area contributed by atoms with E-state index >= 15 is 0 Å². The van der Waals surface area contributed by atoms with Crippen LogP contribution >= 0.6 is 0 Å². The minimum absolute atomic E-state index is 0.189. The van der Waals surface area contributed by atoms with Crippen molar-refractivity contribution in [2.45, 2.75) is 29.4 Å². The number of nitrogens with zero attached hydrogens (tertiary/aromatic N) is 1. The summed E-state index contributed by atoms with van der Waals surface area (Å²) in [5, 5.41) is 0.218. The first-order valence-corrected chi connectivity index (χ1v) is 9.88. The summed E-state index contributed by atoms with van der Waals surface area (Å²) < 4.78 is 30.8. The van der Waals surface area contributed by atoms with E-state index in [0.717, 1.165) is 55.1 Å². The molecule has 1 aliphatic rings. The number of ether oxygens (including phenoxy) is 1. The van der Waals surface area contributed by atoms with Crippen LogP contribution in [-0.2, 0) is 17.6 Å². The largest absolute Gasteiger partial charge is 0.611 e. The van der Waals surface area contributed by atoms with Crippen LogP contribution in [-0.4, -0.2) is 41.4 Å². The average Bonchev–Trinajstić information content (AvgIpc) is 2.67. The molecule has 3 rings (SSSR count). The Morgan fingerprint density at radius 2 is 1.72 bits per heavy atom. The number of halogens is 1. The van der Waals surface area contributed by atoms with Gasteiger partial charge in [0.1, 0.15) is 16.8 Å². The highest BCUT2D eigenvalue weighted by molar-refractivity contribution is 7.92. The highest BCUT2D eigenvalue weighted by Gasteiger charge is 2.29. The van der Waals surface area contributed by atoms with Crippen LogP contribution in [0.15, 0.2) is 53.4 Å². The van der Waals surface area contributed by atoms with E-state index in [1.807, 2.05) is 36.4 Å². The third-order valence-corrected chi connectivity index (χ3v) is 6.57. The molecule has 25 heavy (non-hydrogen) atoms. The minimum Gasteiger partial charge on any atom is -0.611 e. The molecule has 0 amide bonds. The van der Waals surface area contributed by atoms with Gasteiger partial charge in [0.25, 0.3) is 0 Å². The first-order chi connectivity index (χ1) is 12.2. The lowest BCUT2D eigenvalue weighted by Gasteiger charge is -2.32. The van der Waals surface area contributed by atoms with Crippen LogP contribution in [0.4, 0.5) is 4.39 Å². The van der Waals surface area contributed by atoms with Gasteiger partial charge in [-0.1, -0.05) is 12.1 Å². The summed E-state index contributed by atoms with van der Waals surface area (Å²) in [5.74, 6) is 0.599. The number of hydrogen-bond acceptors (Lipinski definition) is 3. The molecule has 2 aromatic rings. The normalized spacial score (nSPS) is 17.4. The number of hydrogen-bond donors (Lipinski definition) is 0. The van der Waals surface area contributed by atoms with Gasteiger partial charge in [0, 0.05) is 32.5 Å². The first kappa shape index (κ1) is 18.2. The van der Waals surface area contributed by atoms with Gasteiger partial charge in [-0.15, -0.1) is 0 Å². The fourth-order valence-electron chi connectivity index (χ4n) is 3.19. The SMILES string of the molecule is COc1ccc([S+]([O-])C2CCN(CCc3ccc(F)cc3)CC2)cc1. The highest BCUT2D eigenvalue weighted by Crippen LogP contribution is 2.26. The van der Waals surface area contributed by atoms with Gasteiger partial charge in [-0.2, -0.15) is 0 Å². The van der Waals surface area contributed by atoms with Crippen molar-refractivity contribution >= 4 is 11.2 Å². The van der Waals surface area contributed by atoms with Gasteiger partial charge in [-0.25, -0.2) is 4.39 Å². The zero-order chi connectivity index (χ0) is 17.6. The van der Waals surface area contributed by atoms with Crippen LogP contribution in [0.25, 0.3) is 0 Å². The molecule has 1 heterocycles. The second-order valence-corrected chi connectivity index (χ2v) is 8.12. The van der Waals surface area contributed by atoms with Crippen molar-refractivity contribution in [3.63, 3.8) is 0 Å². The van der Waals surface area contributed by atoms with E-state index < -0.39 is 11.2 Å². The van der Waals surface area contributed by atoms with E-state index in [-0.39, 0.29) is 11.1 Å². The Bertz CT molecular complexity index is 654. The summed E-state index contributed by atoms with van der Waals surface area (Å²) in [6.07, 6.45) is 2.82. The molecule has 3 nitrogen and oxygen atoms in total. The lowest BCUT2D eigenvalue weighted by atomic mass is 10.1. The maximum atomic E-state index is 12.9. The molecule has 1 atom stereocenters. The standard InChI is InChI=1S/C20H24FNO2S/c1-24-18-6-8-19(9-7-18)25(23)20-11-14-22(15-12-20)13-10-16-2-4-17(21)5-3-16/h2-9,20H,10-15H2,1H3. The van der Waals surface area contributed by atoms with Gasteiger partial charge in [0.15, 0.2) is 4.90 Å². The Kier molecular flexibility index (Phi) is 6.34. The topological polar surface area (TPSA) is 35.5 Å². The molecule has 0 bridgehead atoms. The second-order valence-electron chi connectivity index (χ2n) is 6.39. The average molecular weight is 361 g/mol. The number of methoxy groups -OCH3 is 1. The third-order valence-electron chi connectivity index (χ3n) is 4.76. The number of benzene rings is 2. The molecule has 2 aromatic carbocycles. The summed E-state index contributed by atoms with van der Waals surface area (Å²) in [7, 11) is 1.63. The number of likely N-dealkylation sites (tertiary alicyclic amines) is 1. The fraction of sp³-hybridized carbons (Fsp3) is 0.400. The summed E-state index contributed by atoms with van der Waals surface area (Å²) in [4.78, 5) is 3.29. The van der Waals surface area contributed by atoms with Crippen molar-refractivity contribution < 1.29 is 13.7 Å². The molecule has 0 N–H and O–H groups in total. The quantitative estimate of drug-likeness (QED) is 0.737.